The summed E-state index contributed by atoms with van der Waals surface area (Å²) in [5.74, 6) is 2.61. The Morgan fingerprint density at radius 2 is 1.95 bits per heavy atom. The SMILES string of the molecule is Cc1cc(NCCCc2c(C)noc2C)nc(C)n1. The molecule has 19 heavy (non-hydrogen) atoms. The standard InChI is InChI=1S/C14H20N4O/c1-9-8-14(17-12(4)16-9)15-7-5-6-13-10(2)18-19-11(13)3/h8H,5-7H2,1-4H3,(H,15,16,17). The molecule has 0 aliphatic carbocycles. The van der Waals surface area contributed by atoms with Gasteiger partial charge in [-0.15, -0.1) is 0 Å². The van der Waals surface area contributed by atoms with E-state index in [1.54, 1.807) is 0 Å². The summed E-state index contributed by atoms with van der Waals surface area (Å²) in [4.78, 5) is 8.61. The van der Waals surface area contributed by atoms with Gasteiger partial charge in [0, 0.05) is 23.9 Å². The highest BCUT2D eigenvalue weighted by molar-refractivity contribution is 5.35. The molecule has 1 N–H and O–H groups in total. The highest BCUT2D eigenvalue weighted by Crippen LogP contribution is 2.14. The molecule has 0 aliphatic rings. The van der Waals surface area contributed by atoms with Gasteiger partial charge in [-0.3, -0.25) is 0 Å². The van der Waals surface area contributed by atoms with Gasteiger partial charge in [0.1, 0.15) is 17.4 Å². The molecular weight excluding hydrogens is 240 g/mol. The van der Waals surface area contributed by atoms with Crippen molar-refractivity contribution < 1.29 is 4.52 Å². The normalized spacial score (nSPS) is 10.7. The Morgan fingerprint density at radius 1 is 1.16 bits per heavy atom. The number of hydrogen-bond acceptors (Lipinski definition) is 5. The second-order valence-corrected chi connectivity index (χ2v) is 4.77. The summed E-state index contributed by atoms with van der Waals surface area (Å²) in [7, 11) is 0. The maximum Gasteiger partial charge on any atom is 0.137 e. The van der Waals surface area contributed by atoms with Crippen LogP contribution in [0.2, 0.25) is 0 Å². The predicted octanol–water partition coefficient (Wildman–Crippen LogP) is 2.74. The van der Waals surface area contributed by atoms with E-state index in [4.69, 9.17) is 4.52 Å². The molecule has 0 saturated heterocycles. The lowest BCUT2D eigenvalue weighted by Gasteiger charge is -2.07. The highest BCUT2D eigenvalue weighted by atomic mass is 16.5. The van der Waals surface area contributed by atoms with Crippen molar-refractivity contribution in [3.8, 4) is 0 Å². The summed E-state index contributed by atoms with van der Waals surface area (Å²) >= 11 is 0. The number of nitrogens with one attached hydrogen (secondary N) is 1. The summed E-state index contributed by atoms with van der Waals surface area (Å²) in [6.45, 7) is 8.70. The summed E-state index contributed by atoms with van der Waals surface area (Å²) in [6.07, 6.45) is 1.99. The molecule has 0 saturated carbocycles. The van der Waals surface area contributed by atoms with Crippen molar-refractivity contribution in [2.45, 2.75) is 40.5 Å². The minimum atomic E-state index is 0.799. The van der Waals surface area contributed by atoms with E-state index in [1.165, 1.54) is 5.56 Å². The van der Waals surface area contributed by atoms with Gasteiger partial charge in [-0.1, -0.05) is 5.16 Å². The van der Waals surface area contributed by atoms with Crippen LogP contribution in [0.5, 0.6) is 0 Å². The minimum Gasteiger partial charge on any atom is -0.370 e. The van der Waals surface area contributed by atoms with E-state index in [-0.39, 0.29) is 0 Å². The fourth-order valence-corrected chi connectivity index (χ4v) is 2.15. The molecule has 0 aliphatic heterocycles. The predicted molar refractivity (Wildman–Crippen MR) is 74.3 cm³/mol. The molecule has 0 aromatic carbocycles. The fraction of sp³-hybridized carbons (Fsp3) is 0.500. The van der Waals surface area contributed by atoms with Gasteiger partial charge in [-0.2, -0.15) is 0 Å². The summed E-state index contributed by atoms with van der Waals surface area (Å²) in [5, 5.41) is 7.29. The van der Waals surface area contributed by atoms with E-state index in [0.717, 1.165) is 48.2 Å². The van der Waals surface area contributed by atoms with Crippen LogP contribution in [-0.4, -0.2) is 21.7 Å². The summed E-state index contributed by atoms with van der Waals surface area (Å²) < 4.78 is 5.15. The molecule has 0 spiro atoms. The lowest BCUT2D eigenvalue weighted by molar-refractivity contribution is 0.392. The van der Waals surface area contributed by atoms with Crippen LogP contribution < -0.4 is 5.32 Å². The van der Waals surface area contributed by atoms with Gasteiger partial charge in [0.15, 0.2) is 0 Å². The Bertz CT molecular complexity index is 523. The Balaban J connectivity index is 1.84. The van der Waals surface area contributed by atoms with E-state index in [1.807, 2.05) is 33.8 Å². The van der Waals surface area contributed by atoms with E-state index in [2.05, 4.69) is 20.4 Å². The first kappa shape index (κ1) is 13.5. The van der Waals surface area contributed by atoms with Gasteiger partial charge in [0.25, 0.3) is 0 Å². The van der Waals surface area contributed by atoms with Gasteiger partial charge >= 0.3 is 0 Å². The number of anilines is 1. The van der Waals surface area contributed by atoms with Crippen LogP contribution >= 0.6 is 0 Å². The van der Waals surface area contributed by atoms with Gasteiger partial charge in [0.05, 0.1) is 5.69 Å². The van der Waals surface area contributed by atoms with Crippen LogP contribution in [0.15, 0.2) is 10.6 Å². The average molecular weight is 260 g/mol. The van der Waals surface area contributed by atoms with Gasteiger partial charge in [0.2, 0.25) is 0 Å². The van der Waals surface area contributed by atoms with Crippen LogP contribution in [0, 0.1) is 27.7 Å². The Labute approximate surface area is 113 Å². The molecule has 0 unspecified atom stereocenters. The monoisotopic (exact) mass is 260 g/mol. The molecule has 2 rings (SSSR count). The average Bonchev–Trinajstić information content (AvgIpc) is 2.64. The second kappa shape index (κ2) is 5.82. The highest BCUT2D eigenvalue weighted by Gasteiger charge is 2.08. The summed E-state index contributed by atoms with van der Waals surface area (Å²) in [5.41, 5.74) is 3.20. The van der Waals surface area contributed by atoms with Crippen molar-refractivity contribution in [1.82, 2.24) is 15.1 Å². The molecule has 2 aromatic heterocycles. The molecule has 0 bridgehead atoms. The zero-order valence-corrected chi connectivity index (χ0v) is 11.9. The van der Waals surface area contributed by atoms with Gasteiger partial charge in [-0.05, 0) is 40.5 Å². The first-order valence-corrected chi connectivity index (χ1v) is 6.54. The third kappa shape index (κ3) is 3.53. The van der Waals surface area contributed by atoms with E-state index < -0.39 is 0 Å². The lowest BCUT2D eigenvalue weighted by Crippen LogP contribution is -2.06. The first-order chi connectivity index (χ1) is 9.06. The topological polar surface area (TPSA) is 63.8 Å². The Morgan fingerprint density at radius 3 is 2.58 bits per heavy atom. The Hall–Kier alpha value is -1.91. The molecule has 5 nitrogen and oxygen atoms in total. The smallest absolute Gasteiger partial charge is 0.137 e. The molecule has 2 heterocycles. The third-order valence-corrected chi connectivity index (χ3v) is 3.06. The van der Waals surface area contributed by atoms with Crippen molar-refractivity contribution in [3.05, 3.63) is 34.6 Å². The van der Waals surface area contributed by atoms with Crippen molar-refractivity contribution in [2.75, 3.05) is 11.9 Å². The number of nitrogens with zero attached hydrogens (tertiary/aromatic N) is 3. The molecule has 5 heteroatoms. The molecule has 0 fully saturated rings. The molecule has 0 atom stereocenters. The quantitative estimate of drug-likeness (QED) is 0.837. The van der Waals surface area contributed by atoms with E-state index in [9.17, 15) is 0 Å². The molecule has 0 amide bonds. The molecule has 102 valence electrons. The second-order valence-electron chi connectivity index (χ2n) is 4.77. The number of aromatic nitrogens is 3. The lowest BCUT2D eigenvalue weighted by atomic mass is 10.1. The Kier molecular flexibility index (Phi) is 4.14. The largest absolute Gasteiger partial charge is 0.370 e. The maximum atomic E-state index is 5.15. The molecular formula is C14H20N4O. The number of rotatable bonds is 5. The zero-order chi connectivity index (χ0) is 13.8. The van der Waals surface area contributed by atoms with Crippen LogP contribution in [0.4, 0.5) is 5.82 Å². The molecule has 0 radical (unpaired) electrons. The van der Waals surface area contributed by atoms with Gasteiger partial charge < -0.3 is 9.84 Å². The van der Waals surface area contributed by atoms with Crippen molar-refractivity contribution in [1.29, 1.82) is 0 Å². The van der Waals surface area contributed by atoms with Crippen LogP contribution in [0.1, 0.15) is 35.0 Å². The van der Waals surface area contributed by atoms with Crippen LogP contribution in [0.25, 0.3) is 0 Å². The minimum absolute atomic E-state index is 0.799. The fourth-order valence-electron chi connectivity index (χ4n) is 2.15. The third-order valence-electron chi connectivity index (χ3n) is 3.06. The maximum absolute atomic E-state index is 5.15. The van der Waals surface area contributed by atoms with Crippen molar-refractivity contribution in [3.63, 3.8) is 0 Å². The first-order valence-electron chi connectivity index (χ1n) is 6.54. The van der Waals surface area contributed by atoms with E-state index >= 15 is 0 Å². The van der Waals surface area contributed by atoms with Crippen molar-refractivity contribution in [2.24, 2.45) is 0 Å². The summed E-state index contributed by atoms with van der Waals surface area (Å²) in [6, 6.07) is 1.96. The number of hydrogen-bond donors (Lipinski definition) is 1. The van der Waals surface area contributed by atoms with Gasteiger partial charge in [-0.25, -0.2) is 9.97 Å². The number of aryl methyl sites for hydroxylation is 4. The van der Waals surface area contributed by atoms with Crippen molar-refractivity contribution >= 4 is 5.82 Å². The van der Waals surface area contributed by atoms with E-state index in [0.29, 0.717) is 0 Å². The van der Waals surface area contributed by atoms with Crippen LogP contribution in [-0.2, 0) is 6.42 Å². The zero-order valence-electron chi connectivity index (χ0n) is 11.9. The van der Waals surface area contributed by atoms with Crippen LogP contribution in [0.3, 0.4) is 0 Å². The molecule has 2 aromatic rings.